The summed E-state index contributed by atoms with van der Waals surface area (Å²) in [6, 6.07) is 9.06. The van der Waals surface area contributed by atoms with Gasteiger partial charge in [-0.2, -0.15) is 0 Å². The number of halogens is 3. The number of Topliss-reactive ketones (excluding diaryl/α,β-unsaturated/α-hetero) is 1. The lowest BCUT2D eigenvalue weighted by molar-refractivity contribution is 0.0992. The minimum absolute atomic E-state index is 0.286. The quantitative estimate of drug-likeness (QED) is 0.617. The van der Waals surface area contributed by atoms with E-state index >= 15 is 0 Å². The molecule has 0 atom stereocenters. The SMILES string of the molecule is O=C(c1ccc2cccc-2[nH]1)C(Cl)(Cl)Cl. The Balaban J connectivity index is 2.46. The molecule has 2 aliphatic rings. The third kappa shape index (κ3) is 2.12. The molecular weight excluding hydrogens is 256 g/mol. The Hall–Kier alpha value is -0.700. The second kappa shape index (κ2) is 3.71. The molecule has 2 rings (SSSR count). The van der Waals surface area contributed by atoms with Gasteiger partial charge in [0, 0.05) is 5.69 Å². The van der Waals surface area contributed by atoms with Gasteiger partial charge < -0.3 is 4.98 Å². The van der Waals surface area contributed by atoms with Crippen molar-refractivity contribution in [2.75, 3.05) is 0 Å². The topological polar surface area (TPSA) is 32.9 Å². The van der Waals surface area contributed by atoms with Gasteiger partial charge in [0.05, 0.1) is 5.69 Å². The highest BCUT2D eigenvalue weighted by atomic mass is 35.6. The van der Waals surface area contributed by atoms with Gasteiger partial charge in [0.25, 0.3) is 3.79 Å². The number of rotatable bonds is 1. The predicted octanol–water partition coefficient (Wildman–Crippen LogP) is 3.67. The number of carbonyl (C=O) groups is 1. The highest BCUT2D eigenvalue weighted by Crippen LogP contribution is 2.31. The van der Waals surface area contributed by atoms with E-state index in [1.807, 2.05) is 18.2 Å². The van der Waals surface area contributed by atoms with E-state index in [2.05, 4.69) is 4.98 Å². The highest BCUT2D eigenvalue weighted by Gasteiger charge is 2.32. The third-order valence-electron chi connectivity index (χ3n) is 2.05. The van der Waals surface area contributed by atoms with Crippen LogP contribution >= 0.6 is 34.8 Å². The number of hydrogen-bond donors (Lipinski definition) is 1. The van der Waals surface area contributed by atoms with E-state index in [4.69, 9.17) is 34.8 Å². The molecule has 15 heavy (non-hydrogen) atoms. The van der Waals surface area contributed by atoms with Gasteiger partial charge in [-0.25, -0.2) is 0 Å². The second-order valence-electron chi connectivity index (χ2n) is 3.09. The van der Waals surface area contributed by atoms with E-state index in [0.717, 1.165) is 11.3 Å². The molecule has 0 aromatic carbocycles. The molecular formula is C10H6Cl3NO. The fourth-order valence-corrected chi connectivity index (χ4v) is 1.64. The molecule has 0 saturated carbocycles. The summed E-state index contributed by atoms with van der Waals surface area (Å²) in [7, 11) is 0. The fourth-order valence-electron chi connectivity index (χ4n) is 1.34. The number of pyridine rings is 1. The molecule has 0 spiro atoms. The van der Waals surface area contributed by atoms with E-state index in [0.29, 0.717) is 0 Å². The number of aromatic nitrogens is 1. The van der Waals surface area contributed by atoms with Crippen LogP contribution in [0.5, 0.6) is 0 Å². The summed E-state index contributed by atoms with van der Waals surface area (Å²) in [6.07, 6.45) is 0. The number of hydrogen-bond acceptors (Lipinski definition) is 1. The maximum Gasteiger partial charge on any atom is 0.254 e. The number of H-pyrrole nitrogens is 1. The van der Waals surface area contributed by atoms with Gasteiger partial charge >= 0.3 is 0 Å². The zero-order valence-electron chi connectivity index (χ0n) is 7.43. The molecule has 78 valence electrons. The number of aromatic amines is 1. The minimum Gasteiger partial charge on any atom is -0.352 e. The number of fused-ring (bicyclic) bond motifs is 1. The highest BCUT2D eigenvalue weighted by molar-refractivity contribution is 6.77. The summed E-state index contributed by atoms with van der Waals surface area (Å²) in [4.78, 5) is 14.5. The first-order valence-corrected chi connectivity index (χ1v) is 5.31. The van der Waals surface area contributed by atoms with Crippen LogP contribution in [0.25, 0.3) is 11.3 Å². The van der Waals surface area contributed by atoms with Crippen molar-refractivity contribution < 1.29 is 4.79 Å². The Morgan fingerprint density at radius 2 is 1.87 bits per heavy atom. The standard InChI is InChI=1S/C10H6Cl3NO/c11-10(12,13)9(15)8-5-4-6-2-1-3-7(6)14-8/h1-5,14H. The van der Waals surface area contributed by atoms with Gasteiger partial charge in [-0.15, -0.1) is 0 Å². The average molecular weight is 263 g/mol. The summed E-state index contributed by atoms with van der Waals surface area (Å²) >= 11 is 16.5. The monoisotopic (exact) mass is 261 g/mol. The number of nitrogens with one attached hydrogen (secondary N) is 1. The van der Waals surface area contributed by atoms with Crippen molar-refractivity contribution in [2.24, 2.45) is 0 Å². The Morgan fingerprint density at radius 3 is 2.53 bits per heavy atom. The van der Waals surface area contributed by atoms with Crippen molar-refractivity contribution in [1.29, 1.82) is 0 Å². The first-order valence-electron chi connectivity index (χ1n) is 4.18. The van der Waals surface area contributed by atoms with Crippen LogP contribution < -0.4 is 0 Å². The molecule has 0 saturated heterocycles. The summed E-state index contributed by atoms with van der Waals surface area (Å²) < 4.78 is -1.92. The molecule has 0 fully saturated rings. The Morgan fingerprint density at radius 1 is 1.13 bits per heavy atom. The zero-order valence-corrected chi connectivity index (χ0v) is 9.70. The van der Waals surface area contributed by atoms with E-state index in [9.17, 15) is 4.79 Å². The van der Waals surface area contributed by atoms with Gasteiger partial charge in [0.1, 0.15) is 0 Å². The van der Waals surface area contributed by atoms with Gasteiger partial charge in [0.2, 0.25) is 5.78 Å². The van der Waals surface area contributed by atoms with Gasteiger partial charge in [-0.3, -0.25) is 4.79 Å². The smallest absolute Gasteiger partial charge is 0.254 e. The van der Waals surface area contributed by atoms with Crippen LogP contribution in [0.4, 0.5) is 0 Å². The lowest BCUT2D eigenvalue weighted by Crippen LogP contribution is -2.20. The van der Waals surface area contributed by atoms with Crippen LogP contribution in [0.2, 0.25) is 0 Å². The van der Waals surface area contributed by atoms with Crippen LogP contribution in [0.1, 0.15) is 10.5 Å². The first-order chi connectivity index (χ1) is 6.98. The number of ketones is 1. The maximum absolute atomic E-state index is 11.6. The predicted molar refractivity (Wildman–Crippen MR) is 62.0 cm³/mol. The molecule has 1 N–H and O–H groups in total. The van der Waals surface area contributed by atoms with Crippen LogP contribution in [0.15, 0.2) is 30.3 Å². The Bertz CT molecular complexity index is 472. The van der Waals surface area contributed by atoms with Crippen molar-refractivity contribution in [3.63, 3.8) is 0 Å². The number of alkyl halides is 3. The minimum atomic E-state index is -1.92. The zero-order chi connectivity index (χ0) is 11.1. The summed E-state index contributed by atoms with van der Waals surface area (Å²) in [5, 5.41) is 0. The summed E-state index contributed by atoms with van der Waals surface area (Å²) in [5.41, 5.74) is 2.14. The fraction of sp³-hybridized carbons (Fsp3) is 0.100. The molecule has 0 unspecified atom stereocenters. The molecule has 5 heteroatoms. The molecule has 2 nitrogen and oxygen atoms in total. The lowest BCUT2D eigenvalue weighted by atomic mass is 10.2. The van der Waals surface area contributed by atoms with Gasteiger partial charge in [-0.1, -0.05) is 53.0 Å². The number of carbonyl (C=O) groups excluding carboxylic acids is 1. The summed E-state index contributed by atoms with van der Waals surface area (Å²) in [5.74, 6) is -0.560. The van der Waals surface area contributed by atoms with Crippen molar-refractivity contribution in [2.45, 2.75) is 3.79 Å². The van der Waals surface area contributed by atoms with E-state index in [-0.39, 0.29) is 5.69 Å². The van der Waals surface area contributed by atoms with Gasteiger partial charge in [0.15, 0.2) is 0 Å². The van der Waals surface area contributed by atoms with E-state index in [1.54, 1.807) is 12.1 Å². The largest absolute Gasteiger partial charge is 0.352 e. The summed E-state index contributed by atoms with van der Waals surface area (Å²) in [6.45, 7) is 0. The van der Waals surface area contributed by atoms with Crippen molar-refractivity contribution in [1.82, 2.24) is 4.98 Å². The second-order valence-corrected chi connectivity index (χ2v) is 5.37. The maximum atomic E-state index is 11.6. The molecule has 0 aromatic rings. The molecule has 0 amide bonds. The molecule has 1 aliphatic heterocycles. The average Bonchev–Trinajstić information content (AvgIpc) is 2.61. The van der Waals surface area contributed by atoms with Gasteiger partial charge in [-0.05, 0) is 17.7 Å². The lowest BCUT2D eigenvalue weighted by Gasteiger charge is -2.10. The van der Waals surface area contributed by atoms with Crippen LogP contribution in [0.3, 0.4) is 0 Å². The van der Waals surface area contributed by atoms with E-state index in [1.165, 1.54) is 0 Å². The molecule has 0 aromatic heterocycles. The molecule has 1 aliphatic carbocycles. The Labute approximate surface area is 101 Å². The van der Waals surface area contributed by atoms with Crippen molar-refractivity contribution in [3.8, 4) is 11.3 Å². The van der Waals surface area contributed by atoms with Crippen molar-refractivity contribution in [3.05, 3.63) is 36.0 Å². The van der Waals surface area contributed by atoms with E-state index < -0.39 is 9.58 Å². The molecule has 1 heterocycles. The van der Waals surface area contributed by atoms with Crippen LogP contribution in [0, 0.1) is 0 Å². The first kappa shape index (κ1) is 10.8. The van der Waals surface area contributed by atoms with Crippen molar-refractivity contribution >= 4 is 40.6 Å². The third-order valence-corrected chi connectivity index (χ3v) is 2.57. The Kier molecular flexibility index (Phi) is 2.67. The molecule has 0 bridgehead atoms. The van der Waals surface area contributed by atoms with Crippen LogP contribution in [-0.4, -0.2) is 14.6 Å². The molecule has 0 radical (unpaired) electrons. The van der Waals surface area contributed by atoms with Crippen LogP contribution in [-0.2, 0) is 0 Å². The normalized spacial score (nSPS) is 11.9.